The topological polar surface area (TPSA) is 57.7 Å². The summed E-state index contributed by atoms with van der Waals surface area (Å²) in [6, 6.07) is 11.7. The van der Waals surface area contributed by atoms with Crippen LogP contribution in [-0.4, -0.2) is 55.2 Å². The van der Waals surface area contributed by atoms with Crippen LogP contribution in [0.5, 0.6) is 0 Å². The molecule has 28 heavy (non-hydrogen) atoms. The second-order valence-corrected chi connectivity index (χ2v) is 7.71. The molecule has 6 heteroatoms. The molecule has 0 aliphatic carbocycles. The fourth-order valence-electron chi connectivity index (χ4n) is 3.68. The molecule has 1 aromatic carbocycles. The number of benzene rings is 1. The number of morpholine rings is 1. The first-order valence-electron chi connectivity index (χ1n) is 9.78. The van der Waals surface area contributed by atoms with E-state index in [4.69, 9.17) is 4.74 Å². The van der Waals surface area contributed by atoms with Gasteiger partial charge in [0, 0.05) is 57.6 Å². The Hall–Kier alpha value is -2.44. The Morgan fingerprint density at radius 2 is 1.86 bits per heavy atom. The molecule has 1 aliphatic heterocycles. The molecule has 6 nitrogen and oxygen atoms in total. The number of ether oxygens (including phenoxy) is 1. The van der Waals surface area contributed by atoms with Gasteiger partial charge in [-0.1, -0.05) is 18.2 Å². The van der Waals surface area contributed by atoms with E-state index in [1.807, 2.05) is 55.4 Å². The molecule has 2 aromatic rings. The molecule has 0 radical (unpaired) electrons. The molecule has 2 heterocycles. The number of rotatable bonds is 6. The van der Waals surface area contributed by atoms with Crippen molar-refractivity contribution in [1.82, 2.24) is 15.2 Å². The Morgan fingerprint density at radius 3 is 2.50 bits per heavy atom. The van der Waals surface area contributed by atoms with E-state index < -0.39 is 0 Å². The van der Waals surface area contributed by atoms with Crippen molar-refractivity contribution in [3.63, 3.8) is 0 Å². The van der Waals surface area contributed by atoms with Crippen molar-refractivity contribution >= 4 is 11.7 Å². The van der Waals surface area contributed by atoms with Gasteiger partial charge in [-0.25, -0.2) is 4.98 Å². The highest BCUT2D eigenvalue weighted by atomic mass is 16.5. The highest BCUT2D eigenvalue weighted by Crippen LogP contribution is 2.16. The fraction of sp³-hybridized carbons (Fsp3) is 0.455. The predicted octanol–water partition coefficient (Wildman–Crippen LogP) is 2.69. The lowest BCUT2D eigenvalue weighted by Gasteiger charge is -2.35. The molecule has 0 bridgehead atoms. The Morgan fingerprint density at radius 1 is 1.18 bits per heavy atom. The van der Waals surface area contributed by atoms with Crippen LogP contribution in [0.2, 0.25) is 0 Å². The lowest BCUT2D eigenvalue weighted by molar-refractivity contribution is -0.0704. The van der Waals surface area contributed by atoms with E-state index in [9.17, 15) is 4.79 Å². The van der Waals surface area contributed by atoms with E-state index in [1.165, 1.54) is 5.56 Å². The third-order valence-electron chi connectivity index (χ3n) is 4.85. The van der Waals surface area contributed by atoms with Gasteiger partial charge in [-0.2, -0.15) is 0 Å². The van der Waals surface area contributed by atoms with Crippen LogP contribution >= 0.6 is 0 Å². The van der Waals surface area contributed by atoms with E-state index in [1.54, 1.807) is 6.20 Å². The van der Waals surface area contributed by atoms with Gasteiger partial charge >= 0.3 is 0 Å². The molecule has 2 unspecified atom stereocenters. The van der Waals surface area contributed by atoms with E-state index >= 15 is 0 Å². The molecule has 0 saturated carbocycles. The van der Waals surface area contributed by atoms with Crippen LogP contribution in [0, 0.1) is 0 Å². The first kappa shape index (κ1) is 20.3. The van der Waals surface area contributed by atoms with E-state index in [2.05, 4.69) is 29.0 Å². The average Bonchev–Trinajstić information content (AvgIpc) is 2.66. The zero-order chi connectivity index (χ0) is 20.1. The van der Waals surface area contributed by atoms with E-state index in [0.29, 0.717) is 12.1 Å². The molecule has 0 spiro atoms. The largest absolute Gasteiger partial charge is 0.373 e. The third-order valence-corrected chi connectivity index (χ3v) is 4.85. The minimum absolute atomic E-state index is 0.0753. The van der Waals surface area contributed by atoms with Crippen LogP contribution < -0.4 is 10.2 Å². The van der Waals surface area contributed by atoms with Crippen molar-refractivity contribution < 1.29 is 9.53 Å². The van der Waals surface area contributed by atoms with Crippen molar-refractivity contribution in [1.29, 1.82) is 0 Å². The van der Waals surface area contributed by atoms with Crippen LogP contribution in [-0.2, 0) is 17.8 Å². The van der Waals surface area contributed by atoms with Gasteiger partial charge in [-0.3, -0.25) is 9.69 Å². The van der Waals surface area contributed by atoms with Crippen molar-refractivity contribution in [2.75, 3.05) is 32.1 Å². The Balaban J connectivity index is 1.57. The number of hydrogen-bond acceptors (Lipinski definition) is 5. The van der Waals surface area contributed by atoms with Gasteiger partial charge in [0.1, 0.15) is 5.82 Å². The quantitative estimate of drug-likeness (QED) is 0.832. The normalized spacial score (nSPS) is 20.0. The summed E-state index contributed by atoms with van der Waals surface area (Å²) in [5.74, 6) is 0.792. The number of carbonyl (C=O) groups is 1. The van der Waals surface area contributed by atoms with E-state index in [0.717, 1.165) is 31.0 Å². The molecule has 150 valence electrons. The van der Waals surface area contributed by atoms with Crippen molar-refractivity contribution in [3.05, 3.63) is 59.3 Å². The molecule has 2 atom stereocenters. The minimum Gasteiger partial charge on any atom is -0.373 e. The first-order chi connectivity index (χ1) is 13.4. The Labute approximate surface area is 167 Å². The maximum absolute atomic E-state index is 12.5. The predicted molar refractivity (Wildman–Crippen MR) is 111 cm³/mol. The lowest BCUT2D eigenvalue weighted by atomic mass is 10.1. The van der Waals surface area contributed by atoms with Crippen molar-refractivity contribution in [2.45, 2.75) is 39.1 Å². The minimum atomic E-state index is -0.0753. The van der Waals surface area contributed by atoms with Gasteiger partial charge in [-0.05, 0) is 37.6 Å². The number of nitrogens with zero attached hydrogens (tertiary/aromatic N) is 3. The van der Waals surface area contributed by atoms with Crippen molar-refractivity contribution in [2.24, 2.45) is 0 Å². The highest BCUT2D eigenvalue weighted by molar-refractivity contribution is 5.94. The van der Waals surface area contributed by atoms with Gasteiger partial charge in [0.2, 0.25) is 0 Å². The van der Waals surface area contributed by atoms with Gasteiger partial charge in [0.05, 0.1) is 12.2 Å². The van der Waals surface area contributed by atoms with E-state index in [-0.39, 0.29) is 18.1 Å². The zero-order valence-electron chi connectivity index (χ0n) is 17.2. The molecular weight excluding hydrogens is 352 g/mol. The summed E-state index contributed by atoms with van der Waals surface area (Å²) in [6.45, 7) is 7.42. The molecule has 1 N–H and O–H groups in total. The smallest absolute Gasteiger partial charge is 0.251 e. The average molecular weight is 383 g/mol. The summed E-state index contributed by atoms with van der Waals surface area (Å²) in [5, 5.41) is 2.99. The second kappa shape index (κ2) is 9.17. The molecule has 3 rings (SSSR count). The summed E-state index contributed by atoms with van der Waals surface area (Å²) in [7, 11) is 3.89. The number of hydrogen-bond donors (Lipinski definition) is 1. The number of nitrogens with one attached hydrogen (secondary N) is 1. The number of amides is 1. The monoisotopic (exact) mass is 382 g/mol. The summed E-state index contributed by atoms with van der Waals surface area (Å²) >= 11 is 0. The van der Waals surface area contributed by atoms with Crippen LogP contribution in [0.25, 0.3) is 0 Å². The third kappa shape index (κ3) is 5.30. The molecule has 1 aliphatic rings. The highest BCUT2D eigenvalue weighted by Gasteiger charge is 2.22. The Kier molecular flexibility index (Phi) is 6.65. The number of anilines is 1. The molecule has 1 fully saturated rings. The number of aromatic nitrogens is 1. The molecule has 1 saturated heterocycles. The lowest BCUT2D eigenvalue weighted by Crippen LogP contribution is -2.44. The standard InChI is InChI=1S/C22H30N4O2/c1-16-13-26(14-17(2)28-16)15-18-7-9-19(10-8-18)22(27)24-12-20-6-5-11-23-21(20)25(3)4/h5-11,16-17H,12-15H2,1-4H3,(H,24,27). The number of carbonyl (C=O) groups excluding carboxylic acids is 1. The summed E-state index contributed by atoms with van der Waals surface area (Å²) < 4.78 is 5.79. The second-order valence-electron chi connectivity index (χ2n) is 7.71. The van der Waals surface area contributed by atoms with Crippen LogP contribution in [0.3, 0.4) is 0 Å². The van der Waals surface area contributed by atoms with Crippen LogP contribution in [0.1, 0.15) is 35.3 Å². The fourth-order valence-corrected chi connectivity index (χ4v) is 3.68. The van der Waals surface area contributed by atoms with Crippen molar-refractivity contribution in [3.8, 4) is 0 Å². The van der Waals surface area contributed by atoms with Gasteiger partial charge in [-0.15, -0.1) is 0 Å². The molecular formula is C22H30N4O2. The number of pyridine rings is 1. The van der Waals surface area contributed by atoms with Gasteiger partial charge < -0.3 is 15.0 Å². The first-order valence-corrected chi connectivity index (χ1v) is 9.78. The van der Waals surface area contributed by atoms with Gasteiger partial charge in [0.25, 0.3) is 5.91 Å². The molecule has 1 amide bonds. The summed E-state index contributed by atoms with van der Waals surface area (Å²) in [5.41, 5.74) is 2.87. The maximum atomic E-state index is 12.5. The SMILES string of the molecule is CC1CN(Cc2ccc(C(=O)NCc3cccnc3N(C)C)cc2)CC(C)O1. The molecule has 1 aromatic heterocycles. The van der Waals surface area contributed by atoms with Crippen LogP contribution in [0.15, 0.2) is 42.6 Å². The zero-order valence-corrected chi connectivity index (χ0v) is 17.2. The summed E-state index contributed by atoms with van der Waals surface area (Å²) in [6.07, 6.45) is 2.27. The Bertz CT molecular complexity index is 781. The summed E-state index contributed by atoms with van der Waals surface area (Å²) in [4.78, 5) is 21.2. The van der Waals surface area contributed by atoms with Crippen LogP contribution in [0.4, 0.5) is 5.82 Å². The maximum Gasteiger partial charge on any atom is 0.251 e. The van der Waals surface area contributed by atoms with Gasteiger partial charge in [0.15, 0.2) is 0 Å².